The maximum atomic E-state index is 13.7. The third kappa shape index (κ3) is 3.92. The number of benzene rings is 3. The highest BCUT2D eigenvalue weighted by Crippen LogP contribution is 2.29. The molecule has 0 bridgehead atoms. The van der Waals surface area contributed by atoms with Gasteiger partial charge in [-0.15, -0.1) is 0 Å². The summed E-state index contributed by atoms with van der Waals surface area (Å²) in [5.74, 6) is 0.837. The molecule has 164 valence electrons. The number of hydrogen-bond acceptors (Lipinski definition) is 3. The van der Waals surface area contributed by atoms with Crippen LogP contribution in [-0.2, 0) is 22.9 Å². The number of fused-ring (bicyclic) bond motifs is 2. The van der Waals surface area contributed by atoms with Crippen LogP contribution in [-0.4, -0.2) is 36.9 Å². The molecule has 0 amide bonds. The lowest BCUT2D eigenvalue weighted by Gasteiger charge is -2.33. The molecule has 4 aromatic rings. The summed E-state index contributed by atoms with van der Waals surface area (Å²) in [6, 6.07) is 22.7. The Morgan fingerprint density at radius 2 is 1.75 bits per heavy atom. The molecule has 0 saturated heterocycles. The zero-order valence-electron chi connectivity index (χ0n) is 18.0. The Morgan fingerprint density at radius 3 is 2.59 bits per heavy atom. The van der Waals surface area contributed by atoms with Crippen molar-refractivity contribution >= 4 is 20.9 Å². The van der Waals surface area contributed by atoms with Crippen molar-refractivity contribution < 1.29 is 13.2 Å². The number of para-hydroxylation sites is 2. The van der Waals surface area contributed by atoms with Crippen molar-refractivity contribution in [1.29, 1.82) is 0 Å². The molecule has 6 heteroatoms. The number of ether oxygens (including phenoxy) is 1. The van der Waals surface area contributed by atoms with Gasteiger partial charge >= 0.3 is 0 Å². The number of H-pyrrole nitrogens is 1. The van der Waals surface area contributed by atoms with Gasteiger partial charge < -0.3 is 9.72 Å². The van der Waals surface area contributed by atoms with Gasteiger partial charge in [-0.1, -0.05) is 54.1 Å². The van der Waals surface area contributed by atoms with Gasteiger partial charge in [0.05, 0.1) is 10.9 Å². The average Bonchev–Trinajstić information content (AvgIpc) is 3.19. The maximum Gasteiger partial charge on any atom is 0.243 e. The molecule has 0 aliphatic carbocycles. The SMILES string of the molecule is Cc1ccc(S(=O)(=O)N2CCc3ccccc3OC[C@@H]2Cc2c[nH]c3ccccc23)cc1. The third-order valence-electron chi connectivity index (χ3n) is 6.17. The van der Waals surface area contributed by atoms with E-state index in [2.05, 4.69) is 11.1 Å². The number of aromatic amines is 1. The van der Waals surface area contributed by atoms with Crippen LogP contribution in [0.3, 0.4) is 0 Å². The van der Waals surface area contributed by atoms with Gasteiger partial charge in [-0.3, -0.25) is 0 Å². The van der Waals surface area contributed by atoms with Crippen LogP contribution in [0, 0.1) is 6.92 Å². The number of aromatic nitrogens is 1. The molecule has 1 aliphatic rings. The fraction of sp³-hybridized carbons (Fsp3) is 0.231. The molecular formula is C26H26N2O3S. The fourth-order valence-corrected chi connectivity index (χ4v) is 6.02. The Morgan fingerprint density at radius 1 is 1.00 bits per heavy atom. The molecule has 0 spiro atoms. The Kier molecular flexibility index (Phi) is 5.49. The molecule has 0 fully saturated rings. The summed E-state index contributed by atoms with van der Waals surface area (Å²) >= 11 is 0. The minimum Gasteiger partial charge on any atom is -0.492 e. The van der Waals surface area contributed by atoms with Gasteiger partial charge in [-0.2, -0.15) is 4.31 Å². The van der Waals surface area contributed by atoms with Crippen LogP contribution in [0.15, 0.2) is 83.9 Å². The highest BCUT2D eigenvalue weighted by molar-refractivity contribution is 7.89. The van der Waals surface area contributed by atoms with Gasteiger partial charge in [0.25, 0.3) is 0 Å². The number of nitrogens with one attached hydrogen (secondary N) is 1. The molecule has 5 nitrogen and oxygen atoms in total. The van der Waals surface area contributed by atoms with Crippen LogP contribution in [0.4, 0.5) is 0 Å². The van der Waals surface area contributed by atoms with Crippen LogP contribution in [0.1, 0.15) is 16.7 Å². The molecule has 5 rings (SSSR count). The third-order valence-corrected chi connectivity index (χ3v) is 8.14. The molecule has 3 aromatic carbocycles. The Balaban J connectivity index is 1.54. The lowest BCUT2D eigenvalue weighted by molar-refractivity contribution is 0.192. The predicted octanol–water partition coefficient (Wildman–Crippen LogP) is 4.71. The van der Waals surface area contributed by atoms with Gasteiger partial charge in [0.1, 0.15) is 12.4 Å². The molecule has 1 aliphatic heterocycles. The Bertz CT molecular complexity index is 1340. The molecule has 1 atom stereocenters. The van der Waals surface area contributed by atoms with Gasteiger partial charge in [-0.25, -0.2) is 8.42 Å². The van der Waals surface area contributed by atoms with E-state index in [4.69, 9.17) is 4.74 Å². The first-order valence-electron chi connectivity index (χ1n) is 10.9. The molecule has 2 heterocycles. The van der Waals surface area contributed by atoms with Crippen molar-refractivity contribution in [1.82, 2.24) is 9.29 Å². The highest BCUT2D eigenvalue weighted by atomic mass is 32.2. The summed E-state index contributed by atoms with van der Waals surface area (Å²) < 4.78 is 35.3. The first kappa shape index (κ1) is 20.8. The quantitative estimate of drug-likeness (QED) is 0.494. The van der Waals surface area contributed by atoms with Gasteiger partial charge in [0.2, 0.25) is 10.0 Å². The smallest absolute Gasteiger partial charge is 0.243 e. The lowest BCUT2D eigenvalue weighted by Crippen LogP contribution is -2.46. The maximum absolute atomic E-state index is 13.7. The summed E-state index contributed by atoms with van der Waals surface area (Å²) in [5.41, 5.74) is 4.20. The van der Waals surface area contributed by atoms with Gasteiger partial charge in [-0.05, 0) is 55.2 Å². The van der Waals surface area contributed by atoms with E-state index in [-0.39, 0.29) is 6.04 Å². The zero-order chi connectivity index (χ0) is 22.1. The van der Waals surface area contributed by atoms with Gasteiger partial charge in [0, 0.05) is 23.6 Å². The fourth-order valence-electron chi connectivity index (χ4n) is 4.41. The number of rotatable bonds is 4. The standard InChI is InChI=1S/C26H26N2O3S/c1-19-10-12-23(13-11-19)32(29,30)28-15-14-20-6-2-5-9-26(20)31-18-22(28)16-21-17-27-25-8-4-3-7-24(21)25/h2-13,17,22,27H,14-16,18H2,1H3/t22-/m0/s1. The van der Waals surface area contributed by atoms with E-state index >= 15 is 0 Å². The summed E-state index contributed by atoms with van der Waals surface area (Å²) in [7, 11) is -3.68. The first-order chi connectivity index (χ1) is 15.5. The molecular weight excluding hydrogens is 420 g/mol. The monoisotopic (exact) mass is 446 g/mol. The molecule has 0 radical (unpaired) electrons. The van der Waals surface area contributed by atoms with Crippen LogP contribution < -0.4 is 4.74 Å². The number of hydrogen-bond donors (Lipinski definition) is 1. The summed E-state index contributed by atoms with van der Waals surface area (Å²) in [6.45, 7) is 2.66. The molecule has 1 aromatic heterocycles. The van der Waals surface area contributed by atoms with Crippen molar-refractivity contribution in [3.63, 3.8) is 0 Å². The van der Waals surface area contributed by atoms with Crippen LogP contribution >= 0.6 is 0 Å². The van der Waals surface area contributed by atoms with Crippen molar-refractivity contribution in [3.8, 4) is 5.75 Å². The summed E-state index contributed by atoms with van der Waals surface area (Å²) in [6.07, 6.45) is 3.15. The van der Waals surface area contributed by atoms with E-state index in [1.54, 1.807) is 16.4 Å². The van der Waals surface area contributed by atoms with E-state index < -0.39 is 10.0 Å². The average molecular weight is 447 g/mol. The Labute approximate surface area is 188 Å². The van der Waals surface area contributed by atoms with E-state index in [0.717, 1.165) is 33.3 Å². The van der Waals surface area contributed by atoms with Crippen LogP contribution in [0.25, 0.3) is 10.9 Å². The van der Waals surface area contributed by atoms with Crippen LogP contribution in [0.5, 0.6) is 5.75 Å². The zero-order valence-corrected chi connectivity index (χ0v) is 18.8. The Hall–Kier alpha value is -3.09. The molecule has 1 N–H and O–H groups in total. The minimum atomic E-state index is -3.68. The summed E-state index contributed by atoms with van der Waals surface area (Å²) in [5, 5.41) is 1.11. The number of nitrogens with zero attached hydrogens (tertiary/aromatic N) is 1. The second-order valence-corrected chi connectivity index (χ2v) is 10.2. The molecule has 0 saturated carbocycles. The first-order valence-corrected chi connectivity index (χ1v) is 12.3. The van der Waals surface area contributed by atoms with E-state index in [1.165, 1.54) is 0 Å². The number of aryl methyl sites for hydroxylation is 1. The normalized spacial score (nSPS) is 17.3. The van der Waals surface area contributed by atoms with E-state index in [9.17, 15) is 8.42 Å². The lowest BCUT2D eigenvalue weighted by atomic mass is 10.0. The second kappa shape index (κ2) is 8.45. The summed E-state index contributed by atoms with van der Waals surface area (Å²) in [4.78, 5) is 3.62. The van der Waals surface area contributed by atoms with E-state index in [1.807, 2.05) is 67.7 Å². The van der Waals surface area contributed by atoms with E-state index in [0.29, 0.717) is 30.9 Å². The van der Waals surface area contributed by atoms with Crippen LogP contribution in [0.2, 0.25) is 0 Å². The van der Waals surface area contributed by atoms with Crippen molar-refractivity contribution in [2.45, 2.75) is 30.7 Å². The molecule has 32 heavy (non-hydrogen) atoms. The highest BCUT2D eigenvalue weighted by Gasteiger charge is 2.34. The number of sulfonamides is 1. The largest absolute Gasteiger partial charge is 0.492 e. The van der Waals surface area contributed by atoms with Crippen molar-refractivity contribution in [3.05, 3.63) is 95.7 Å². The molecule has 0 unspecified atom stereocenters. The van der Waals surface area contributed by atoms with Gasteiger partial charge in [0.15, 0.2) is 0 Å². The predicted molar refractivity (Wildman–Crippen MR) is 127 cm³/mol. The van der Waals surface area contributed by atoms with Crippen molar-refractivity contribution in [2.24, 2.45) is 0 Å². The second-order valence-electron chi connectivity index (χ2n) is 8.31. The minimum absolute atomic E-state index is 0.293. The topological polar surface area (TPSA) is 62.4 Å². The van der Waals surface area contributed by atoms with Crippen molar-refractivity contribution in [2.75, 3.05) is 13.2 Å².